The zero-order valence-corrected chi connectivity index (χ0v) is 7.81. The first kappa shape index (κ1) is 9.83. The summed E-state index contributed by atoms with van der Waals surface area (Å²) in [5, 5.41) is 8.75. The van der Waals surface area contributed by atoms with E-state index < -0.39 is 28.6 Å². The Bertz CT molecular complexity index is 549. The van der Waals surface area contributed by atoms with Gasteiger partial charge >= 0.3 is 0 Å². The minimum absolute atomic E-state index is 0.102. The van der Waals surface area contributed by atoms with Gasteiger partial charge in [0.05, 0.1) is 5.39 Å². The highest BCUT2D eigenvalue weighted by Crippen LogP contribution is 2.30. The minimum Gasteiger partial charge on any atom is -0.505 e. The molecule has 0 amide bonds. The van der Waals surface area contributed by atoms with Gasteiger partial charge < -0.3 is 5.11 Å². The third-order valence-corrected chi connectivity index (χ3v) is 2.28. The van der Waals surface area contributed by atoms with Crippen molar-refractivity contribution in [1.29, 1.82) is 0 Å². The van der Waals surface area contributed by atoms with E-state index in [2.05, 4.69) is 0 Å². The van der Waals surface area contributed by atoms with E-state index in [9.17, 15) is 13.2 Å². The molecule has 0 radical (unpaired) electrons. The minimum atomic E-state index is -1.27. The first-order chi connectivity index (χ1) is 7.02. The van der Waals surface area contributed by atoms with E-state index >= 15 is 0 Å². The molecule has 0 saturated heterocycles. The predicted molar refractivity (Wildman–Crippen MR) is 50.2 cm³/mol. The fourth-order valence-corrected chi connectivity index (χ4v) is 1.50. The van der Waals surface area contributed by atoms with Crippen molar-refractivity contribution in [2.45, 2.75) is 6.92 Å². The molecule has 0 unspecified atom stereocenters. The lowest BCUT2D eigenvalue weighted by atomic mass is 10.1. The van der Waals surface area contributed by atoms with Gasteiger partial charge in [0.1, 0.15) is 0 Å². The van der Waals surface area contributed by atoms with Gasteiger partial charge in [-0.15, -0.1) is 0 Å². The monoisotopic (exact) mass is 212 g/mol. The molecule has 78 valence electrons. The van der Waals surface area contributed by atoms with E-state index in [1.54, 1.807) is 0 Å². The van der Waals surface area contributed by atoms with E-state index in [1.807, 2.05) is 0 Å². The van der Waals surface area contributed by atoms with E-state index in [4.69, 9.17) is 5.11 Å². The Kier molecular flexibility index (Phi) is 2.07. The van der Waals surface area contributed by atoms with Crippen molar-refractivity contribution >= 4 is 10.8 Å². The van der Waals surface area contributed by atoms with Crippen molar-refractivity contribution in [3.05, 3.63) is 41.2 Å². The molecule has 0 aromatic heterocycles. The van der Waals surface area contributed by atoms with Crippen molar-refractivity contribution in [1.82, 2.24) is 0 Å². The molecule has 1 nitrogen and oxygen atoms in total. The number of rotatable bonds is 0. The molecule has 0 fully saturated rings. The van der Waals surface area contributed by atoms with Gasteiger partial charge in [0, 0.05) is 0 Å². The first-order valence-corrected chi connectivity index (χ1v) is 4.28. The molecule has 15 heavy (non-hydrogen) atoms. The summed E-state index contributed by atoms with van der Waals surface area (Å²) in [6, 6.07) is 3.77. The molecule has 0 aliphatic rings. The average Bonchev–Trinajstić information content (AvgIpc) is 2.20. The second kappa shape index (κ2) is 3.15. The number of phenolic OH excluding ortho intramolecular Hbond substituents is 1. The number of aryl methyl sites for hydroxylation is 1. The highest BCUT2D eigenvalue weighted by Gasteiger charge is 2.16. The maximum absolute atomic E-state index is 13.4. The van der Waals surface area contributed by atoms with Gasteiger partial charge in [-0.1, -0.05) is 6.07 Å². The maximum Gasteiger partial charge on any atom is 0.175 e. The smallest absolute Gasteiger partial charge is 0.175 e. The molecular weight excluding hydrogens is 205 g/mol. The maximum atomic E-state index is 13.4. The van der Waals surface area contributed by atoms with Gasteiger partial charge in [-0.05, 0) is 30.0 Å². The highest BCUT2D eigenvalue weighted by molar-refractivity contribution is 5.86. The molecule has 0 bridgehead atoms. The van der Waals surface area contributed by atoms with Crippen molar-refractivity contribution in [2.24, 2.45) is 0 Å². The number of halogens is 3. The molecule has 2 aromatic rings. The van der Waals surface area contributed by atoms with Gasteiger partial charge in [-0.2, -0.15) is 0 Å². The van der Waals surface area contributed by atoms with Crippen LogP contribution < -0.4 is 0 Å². The molecule has 0 atom stereocenters. The van der Waals surface area contributed by atoms with Crippen LogP contribution in [0.4, 0.5) is 13.2 Å². The fraction of sp³-hybridized carbons (Fsp3) is 0.0909. The van der Waals surface area contributed by atoms with Crippen LogP contribution in [0.5, 0.6) is 5.75 Å². The lowest BCUT2D eigenvalue weighted by molar-refractivity contribution is 0.433. The number of aromatic hydroxyl groups is 1. The molecule has 1 N–H and O–H groups in total. The number of hydrogen-bond acceptors (Lipinski definition) is 1. The molecule has 0 aliphatic heterocycles. The van der Waals surface area contributed by atoms with Crippen LogP contribution in [0.1, 0.15) is 5.56 Å². The summed E-state index contributed by atoms with van der Waals surface area (Å²) >= 11 is 0. The largest absolute Gasteiger partial charge is 0.505 e. The third kappa shape index (κ3) is 1.33. The topological polar surface area (TPSA) is 20.2 Å². The van der Waals surface area contributed by atoms with E-state index in [1.165, 1.54) is 19.1 Å². The van der Waals surface area contributed by atoms with Crippen LogP contribution in [-0.4, -0.2) is 5.11 Å². The van der Waals surface area contributed by atoms with Crippen LogP contribution in [0.25, 0.3) is 10.8 Å². The van der Waals surface area contributed by atoms with Crippen LogP contribution in [-0.2, 0) is 0 Å². The van der Waals surface area contributed by atoms with Crippen molar-refractivity contribution < 1.29 is 18.3 Å². The number of benzene rings is 2. The molecular formula is C11H7F3O. The quantitative estimate of drug-likeness (QED) is 0.710. The second-order valence-electron chi connectivity index (χ2n) is 3.32. The summed E-state index contributed by atoms with van der Waals surface area (Å²) in [6.45, 7) is 1.39. The first-order valence-electron chi connectivity index (χ1n) is 4.28. The summed E-state index contributed by atoms with van der Waals surface area (Å²) < 4.78 is 39.8. The molecule has 0 saturated carbocycles. The lowest BCUT2D eigenvalue weighted by Gasteiger charge is -2.06. The Morgan fingerprint density at radius 3 is 2.33 bits per heavy atom. The normalized spacial score (nSPS) is 10.9. The summed E-state index contributed by atoms with van der Waals surface area (Å²) in [7, 11) is 0. The molecule has 2 aromatic carbocycles. The van der Waals surface area contributed by atoms with E-state index in [-0.39, 0.29) is 10.9 Å². The number of fused-ring (bicyclic) bond motifs is 1. The number of phenols is 1. The van der Waals surface area contributed by atoms with E-state index in [0.29, 0.717) is 0 Å². The zero-order chi connectivity index (χ0) is 11.2. The molecule has 0 spiro atoms. The molecule has 0 aliphatic carbocycles. The SMILES string of the molecule is Cc1cc2ccc(O)c(F)c2c(F)c1F. The fourth-order valence-electron chi connectivity index (χ4n) is 1.50. The van der Waals surface area contributed by atoms with Crippen LogP contribution in [0.2, 0.25) is 0 Å². The van der Waals surface area contributed by atoms with Crippen LogP contribution in [0.15, 0.2) is 18.2 Å². The van der Waals surface area contributed by atoms with Crippen molar-refractivity contribution in [2.75, 3.05) is 0 Å². The van der Waals surface area contributed by atoms with Gasteiger partial charge in [-0.25, -0.2) is 13.2 Å². The second-order valence-corrected chi connectivity index (χ2v) is 3.32. The Morgan fingerprint density at radius 1 is 1.00 bits per heavy atom. The summed E-state index contributed by atoms with van der Waals surface area (Å²) in [4.78, 5) is 0. The summed E-state index contributed by atoms with van der Waals surface area (Å²) in [6.07, 6.45) is 0. The number of hydrogen-bond donors (Lipinski definition) is 1. The Labute approximate surface area is 83.8 Å². The van der Waals surface area contributed by atoms with Crippen LogP contribution >= 0.6 is 0 Å². The van der Waals surface area contributed by atoms with Gasteiger partial charge in [-0.3, -0.25) is 0 Å². The summed E-state index contributed by atoms with van der Waals surface area (Å²) in [5.41, 5.74) is 0.102. The molecule has 4 heteroatoms. The average molecular weight is 212 g/mol. The predicted octanol–water partition coefficient (Wildman–Crippen LogP) is 3.27. The Morgan fingerprint density at radius 2 is 1.67 bits per heavy atom. The molecule has 2 rings (SSSR count). The molecule has 0 heterocycles. The van der Waals surface area contributed by atoms with Gasteiger partial charge in [0.25, 0.3) is 0 Å². The van der Waals surface area contributed by atoms with E-state index in [0.717, 1.165) is 6.07 Å². The third-order valence-electron chi connectivity index (χ3n) is 2.28. The van der Waals surface area contributed by atoms with Crippen LogP contribution in [0.3, 0.4) is 0 Å². The van der Waals surface area contributed by atoms with Crippen LogP contribution in [0, 0.1) is 24.4 Å². The lowest BCUT2D eigenvalue weighted by Crippen LogP contribution is -1.93. The Hall–Kier alpha value is -1.71. The van der Waals surface area contributed by atoms with Crippen molar-refractivity contribution in [3.63, 3.8) is 0 Å². The van der Waals surface area contributed by atoms with Gasteiger partial charge in [0.2, 0.25) is 0 Å². The standard InChI is InChI=1S/C11H7F3O/c1-5-4-6-2-3-7(15)10(13)8(6)11(14)9(5)12/h2-4,15H,1H3. The zero-order valence-electron chi connectivity index (χ0n) is 7.81. The summed E-state index contributed by atoms with van der Waals surface area (Å²) in [5.74, 6) is -4.18. The Balaban J connectivity index is 3.00. The van der Waals surface area contributed by atoms with Gasteiger partial charge in [0.15, 0.2) is 23.2 Å². The van der Waals surface area contributed by atoms with Crippen molar-refractivity contribution in [3.8, 4) is 5.75 Å². The highest BCUT2D eigenvalue weighted by atomic mass is 19.2.